The molecule has 7 nitrogen and oxygen atoms in total. The third-order valence-electron chi connectivity index (χ3n) is 5.59. The van der Waals surface area contributed by atoms with Crippen LogP contribution in [-0.2, 0) is 9.47 Å². The average Bonchev–Trinajstić information content (AvgIpc) is 2.94. The van der Waals surface area contributed by atoms with E-state index < -0.39 is 18.1 Å². The largest absolute Gasteiger partial charge is 0.519 e. The average molecular weight is 511 g/mol. The van der Waals surface area contributed by atoms with E-state index in [0.717, 1.165) is 0 Å². The van der Waals surface area contributed by atoms with Crippen molar-refractivity contribution in [3.05, 3.63) is 108 Å². The Balaban J connectivity index is 1.63. The molecule has 4 rings (SSSR count). The number of benzene rings is 4. The third kappa shape index (κ3) is 5.90. The van der Waals surface area contributed by atoms with Crippen LogP contribution >= 0.6 is 0 Å². The van der Waals surface area contributed by atoms with E-state index in [2.05, 4.69) is 0 Å². The van der Waals surface area contributed by atoms with Gasteiger partial charge in [0.25, 0.3) is 0 Å². The summed E-state index contributed by atoms with van der Waals surface area (Å²) in [6, 6.07) is 27.5. The maximum atomic E-state index is 13.0. The molecule has 192 valence electrons. The van der Waals surface area contributed by atoms with Crippen molar-refractivity contribution in [2.75, 3.05) is 13.2 Å². The van der Waals surface area contributed by atoms with E-state index in [4.69, 9.17) is 18.9 Å². The first-order valence-electron chi connectivity index (χ1n) is 12.1. The molecule has 0 aliphatic carbocycles. The van der Waals surface area contributed by atoms with Gasteiger partial charge in [-0.3, -0.25) is 0 Å². The molecule has 0 heterocycles. The summed E-state index contributed by atoms with van der Waals surface area (Å²) in [4.78, 5) is 38.0. The van der Waals surface area contributed by atoms with Crippen LogP contribution in [0.15, 0.2) is 97.1 Å². The van der Waals surface area contributed by atoms with E-state index in [1.54, 1.807) is 111 Å². The van der Waals surface area contributed by atoms with E-state index in [0.29, 0.717) is 33.4 Å². The van der Waals surface area contributed by atoms with Crippen molar-refractivity contribution in [2.24, 2.45) is 0 Å². The highest BCUT2D eigenvalue weighted by Gasteiger charge is 2.21. The Bertz CT molecular complexity index is 1350. The van der Waals surface area contributed by atoms with Crippen LogP contribution in [0.1, 0.15) is 34.6 Å². The van der Waals surface area contributed by atoms with E-state index >= 15 is 0 Å². The van der Waals surface area contributed by atoms with Gasteiger partial charge >= 0.3 is 18.1 Å². The second-order valence-corrected chi connectivity index (χ2v) is 7.98. The topological polar surface area (TPSA) is 88.1 Å². The van der Waals surface area contributed by atoms with E-state index in [-0.39, 0.29) is 24.7 Å². The number of hydrogen-bond donors (Lipinski definition) is 0. The fourth-order valence-corrected chi connectivity index (χ4v) is 3.97. The zero-order valence-electron chi connectivity index (χ0n) is 21.0. The van der Waals surface area contributed by atoms with Gasteiger partial charge in [0.15, 0.2) is 0 Å². The highest BCUT2D eigenvalue weighted by Crippen LogP contribution is 2.35. The summed E-state index contributed by atoms with van der Waals surface area (Å²) < 4.78 is 21.6. The SMILES string of the molecule is CCOC(=O)c1ccccc1-c1ccccc1OC(=O)Oc1ccccc1-c1ccccc1C(=O)OCC. The second-order valence-electron chi connectivity index (χ2n) is 7.98. The molecule has 0 bridgehead atoms. The number of carbonyl (C=O) groups excluding carboxylic acids is 3. The van der Waals surface area contributed by atoms with Gasteiger partial charge in [-0.2, -0.15) is 0 Å². The van der Waals surface area contributed by atoms with Gasteiger partial charge in [-0.05, 0) is 49.2 Å². The predicted octanol–water partition coefficient (Wildman–Crippen LogP) is 6.95. The summed E-state index contributed by atoms with van der Waals surface area (Å²) in [5, 5.41) is 0. The quantitative estimate of drug-likeness (QED) is 0.187. The summed E-state index contributed by atoms with van der Waals surface area (Å²) in [5.74, 6) is -0.540. The van der Waals surface area contributed by atoms with Crippen molar-refractivity contribution in [3.63, 3.8) is 0 Å². The van der Waals surface area contributed by atoms with Gasteiger partial charge in [-0.15, -0.1) is 0 Å². The lowest BCUT2D eigenvalue weighted by molar-refractivity contribution is 0.0517. The van der Waals surface area contributed by atoms with Crippen molar-refractivity contribution >= 4 is 18.1 Å². The van der Waals surface area contributed by atoms with Gasteiger partial charge in [0.2, 0.25) is 0 Å². The number of carbonyl (C=O) groups is 3. The highest BCUT2D eigenvalue weighted by atomic mass is 16.7. The Labute approximate surface area is 220 Å². The monoisotopic (exact) mass is 510 g/mol. The molecule has 0 spiro atoms. The van der Waals surface area contributed by atoms with Gasteiger partial charge < -0.3 is 18.9 Å². The molecule has 0 unspecified atom stereocenters. The fraction of sp³-hybridized carbons (Fsp3) is 0.129. The Hall–Kier alpha value is -4.91. The van der Waals surface area contributed by atoms with Gasteiger partial charge in [-0.1, -0.05) is 72.8 Å². The summed E-state index contributed by atoms with van der Waals surface area (Å²) in [7, 11) is 0. The predicted molar refractivity (Wildman–Crippen MR) is 142 cm³/mol. The van der Waals surface area contributed by atoms with Crippen molar-refractivity contribution in [1.29, 1.82) is 0 Å². The third-order valence-corrected chi connectivity index (χ3v) is 5.59. The van der Waals surface area contributed by atoms with Crippen LogP contribution < -0.4 is 9.47 Å². The molecule has 0 fully saturated rings. The molecule has 0 saturated carbocycles. The van der Waals surface area contributed by atoms with Gasteiger partial charge in [0.05, 0.1) is 24.3 Å². The number of hydrogen-bond acceptors (Lipinski definition) is 7. The molecule has 0 N–H and O–H groups in total. The zero-order chi connectivity index (χ0) is 26.9. The first-order valence-corrected chi connectivity index (χ1v) is 12.1. The minimum atomic E-state index is -0.980. The van der Waals surface area contributed by atoms with Crippen molar-refractivity contribution in [1.82, 2.24) is 0 Å². The number of ether oxygens (including phenoxy) is 4. The van der Waals surface area contributed by atoms with Gasteiger partial charge in [0, 0.05) is 11.1 Å². The lowest BCUT2D eigenvalue weighted by atomic mass is 9.99. The molecule has 38 heavy (non-hydrogen) atoms. The van der Waals surface area contributed by atoms with E-state index in [1.165, 1.54) is 0 Å². The molecule has 0 aliphatic rings. The number of para-hydroxylation sites is 2. The molecular formula is C31H26O7. The van der Waals surface area contributed by atoms with Crippen LogP contribution in [0.3, 0.4) is 0 Å². The van der Waals surface area contributed by atoms with Gasteiger partial charge in [-0.25, -0.2) is 14.4 Å². The van der Waals surface area contributed by atoms with Crippen LogP contribution in [0.5, 0.6) is 11.5 Å². The Kier molecular flexibility index (Phi) is 8.51. The second kappa shape index (κ2) is 12.4. The van der Waals surface area contributed by atoms with Crippen LogP contribution in [0, 0.1) is 0 Å². The molecule has 4 aromatic rings. The summed E-state index contributed by atoms with van der Waals surface area (Å²) in [6.45, 7) is 3.93. The molecule has 0 atom stereocenters. The van der Waals surface area contributed by atoms with E-state index in [1.807, 2.05) is 0 Å². The Morgan fingerprint density at radius 1 is 0.500 bits per heavy atom. The van der Waals surface area contributed by atoms with Crippen LogP contribution in [0.4, 0.5) is 4.79 Å². The Morgan fingerprint density at radius 2 is 0.842 bits per heavy atom. The molecular weight excluding hydrogens is 484 g/mol. The van der Waals surface area contributed by atoms with Crippen molar-refractivity contribution in [3.8, 4) is 33.8 Å². The zero-order valence-corrected chi connectivity index (χ0v) is 21.0. The molecule has 0 aromatic heterocycles. The molecule has 0 radical (unpaired) electrons. The van der Waals surface area contributed by atoms with E-state index in [9.17, 15) is 14.4 Å². The van der Waals surface area contributed by atoms with Crippen LogP contribution in [-0.4, -0.2) is 31.3 Å². The fourth-order valence-electron chi connectivity index (χ4n) is 3.97. The maximum Gasteiger partial charge on any atom is 0.519 e. The standard InChI is InChI=1S/C31H26O7/c1-3-35-29(32)25-17-7-5-13-21(25)23-15-9-11-19-27(23)37-31(34)38-28-20-12-10-16-24(28)22-14-6-8-18-26(22)30(33)36-4-2/h5-20H,3-4H2,1-2H3. The van der Waals surface area contributed by atoms with Crippen LogP contribution in [0.2, 0.25) is 0 Å². The van der Waals surface area contributed by atoms with Gasteiger partial charge in [0.1, 0.15) is 11.5 Å². The first-order chi connectivity index (χ1) is 18.5. The lowest BCUT2D eigenvalue weighted by Gasteiger charge is -2.15. The normalized spacial score (nSPS) is 10.4. The Morgan fingerprint density at radius 3 is 1.24 bits per heavy atom. The highest BCUT2D eigenvalue weighted by molar-refractivity contribution is 5.99. The van der Waals surface area contributed by atoms with Crippen molar-refractivity contribution < 1.29 is 33.3 Å². The minimum absolute atomic E-state index is 0.207. The molecule has 7 heteroatoms. The molecule has 4 aromatic carbocycles. The number of esters is 2. The summed E-state index contributed by atoms with van der Waals surface area (Å²) in [5.41, 5.74) is 2.85. The smallest absolute Gasteiger partial charge is 0.462 e. The number of rotatable bonds is 8. The maximum absolute atomic E-state index is 13.0. The molecule has 0 aliphatic heterocycles. The van der Waals surface area contributed by atoms with Crippen molar-refractivity contribution in [2.45, 2.75) is 13.8 Å². The molecule has 0 saturated heterocycles. The van der Waals surface area contributed by atoms with Crippen LogP contribution in [0.25, 0.3) is 22.3 Å². The lowest BCUT2D eigenvalue weighted by Crippen LogP contribution is -2.15. The summed E-state index contributed by atoms with van der Waals surface area (Å²) >= 11 is 0. The minimum Gasteiger partial charge on any atom is -0.462 e. The first kappa shape index (κ1) is 26.2. The molecule has 0 amide bonds. The summed E-state index contributed by atoms with van der Waals surface area (Å²) in [6.07, 6.45) is -0.980.